The molecule has 5 nitrogen and oxygen atoms in total. The Balaban J connectivity index is 2.42. The minimum Gasteiger partial charge on any atom is -0.466 e. The highest BCUT2D eigenvalue weighted by molar-refractivity contribution is 6.74. The number of ether oxygens (including phenoxy) is 3. The first-order valence-corrected chi connectivity index (χ1v) is 15.3. The lowest BCUT2D eigenvalue weighted by Gasteiger charge is -2.46. The van der Waals surface area contributed by atoms with Crippen molar-refractivity contribution in [3.63, 3.8) is 0 Å². The maximum Gasteiger partial charge on any atom is 0.330 e. The van der Waals surface area contributed by atoms with Crippen molar-refractivity contribution in [2.75, 3.05) is 13.7 Å². The Bertz CT molecular complexity index is 685. The molecule has 0 aromatic heterocycles. The van der Waals surface area contributed by atoms with Crippen LogP contribution in [0.4, 0.5) is 0 Å². The zero-order valence-corrected chi connectivity index (χ0v) is 22.7. The molecule has 3 atom stereocenters. The molecule has 2 aliphatic heterocycles. The van der Waals surface area contributed by atoms with E-state index in [9.17, 15) is 4.79 Å². The molecule has 2 fully saturated rings. The van der Waals surface area contributed by atoms with Crippen molar-refractivity contribution in [1.82, 2.24) is 0 Å². The largest absolute Gasteiger partial charge is 0.466 e. The Kier molecular flexibility index (Phi) is 9.37. The van der Waals surface area contributed by atoms with Crippen LogP contribution < -0.4 is 0 Å². The Hall–Kier alpha value is -0.953. The molecule has 0 saturated carbocycles. The van der Waals surface area contributed by atoms with Gasteiger partial charge in [0.1, 0.15) is 5.60 Å². The average molecular weight is 467 g/mol. The predicted molar refractivity (Wildman–Crippen MR) is 132 cm³/mol. The van der Waals surface area contributed by atoms with E-state index in [1.54, 1.807) is 0 Å². The fraction of sp³-hybridized carbons (Fsp3) is 0.808. The number of allylic oxidation sites excluding steroid dienone is 2. The van der Waals surface area contributed by atoms with Crippen LogP contribution >= 0.6 is 0 Å². The molecule has 2 rings (SSSR count). The number of hydrogen-bond donors (Lipinski definition) is 0. The van der Waals surface area contributed by atoms with E-state index in [4.69, 9.17) is 18.6 Å². The quantitative estimate of drug-likeness (QED) is 0.164. The lowest BCUT2D eigenvalue weighted by atomic mass is 9.86. The van der Waals surface area contributed by atoms with Gasteiger partial charge in [0.2, 0.25) is 0 Å². The minimum atomic E-state index is -2.08. The van der Waals surface area contributed by atoms with Gasteiger partial charge < -0.3 is 18.6 Å². The first-order chi connectivity index (χ1) is 14.9. The summed E-state index contributed by atoms with van der Waals surface area (Å²) in [7, 11) is -0.679. The van der Waals surface area contributed by atoms with Crippen LogP contribution in [0.15, 0.2) is 23.8 Å². The lowest BCUT2D eigenvalue weighted by molar-refractivity contribution is -0.279. The number of carbonyl (C=O) groups excluding carboxylic acids is 1. The van der Waals surface area contributed by atoms with Crippen molar-refractivity contribution in [2.24, 2.45) is 0 Å². The first-order valence-electron chi connectivity index (χ1n) is 12.4. The normalized spacial score (nSPS) is 28.4. The molecule has 0 bridgehead atoms. The molecule has 0 aromatic carbocycles. The van der Waals surface area contributed by atoms with Crippen LogP contribution in [0.2, 0.25) is 18.1 Å². The highest BCUT2D eigenvalue weighted by Gasteiger charge is 2.55. The molecule has 1 spiro atoms. The molecular weight excluding hydrogens is 420 g/mol. The summed E-state index contributed by atoms with van der Waals surface area (Å²) < 4.78 is 25.0. The van der Waals surface area contributed by atoms with Gasteiger partial charge in [-0.15, -0.1) is 0 Å². The summed E-state index contributed by atoms with van der Waals surface area (Å²) >= 11 is 0. The molecular formula is C26H46O5Si. The van der Waals surface area contributed by atoms with Crippen molar-refractivity contribution in [2.45, 2.75) is 122 Å². The zero-order chi connectivity index (χ0) is 24.0. The van der Waals surface area contributed by atoms with Crippen molar-refractivity contribution in [3.8, 4) is 0 Å². The topological polar surface area (TPSA) is 54.0 Å². The zero-order valence-electron chi connectivity index (χ0n) is 21.7. The van der Waals surface area contributed by atoms with Crippen LogP contribution in [0.3, 0.4) is 0 Å². The molecule has 184 valence electrons. The Morgan fingerprint density at radius 3 is 2.47 bits per heavy atom. The Morgan fingerprint density at radius 2 is 1.91 bits per heavy atom. The number of rotatable bonds is 9. The fourth-order valence-corrected chi connectivity index (χ4v) is 5.60. The van der Waals surface area contributed by atoms with Gasteiger partial charge in [0.25, 0.3) is 0 Å². The van der Waals surface area contributed by atoms with Gasteiger partial charge in [0.15, 0.2) is 14.1 Å². The molecule has 0 aliphatic carbocycles. The van der Waals surface area contributed by atoms with Gasteiger partial charge in [-0.05, 0) is 56.3 Å². The molecule has 0 aromatic rings. The molecule has 2 aliphatic rings. The van der Waals surface area contributed by atoms with E-state index in [-0.39, 0.29) is 17.1 Å². The van der Waals surface area contributed by atoms with E-state index >= 15 is 0 Å². The van der Waals surface area contributed by atoms with Gasteiger partial charge >= 0.3 is 5.97 Å². The molecule has 0 amide bonds. The molecule has 2 heterocycles. The van der Waals surface area contributed by atoms with Crippen LogP contribution in [-0.4, -0.2) is 45.5 Å². The summed E-state index contributed by atoms with van der Waals surface area (Å²) in [6.07, 6.45) is 13.6. The van der Waals surface area contributed by atoms with E-state index < -0.39 is 19.7 Å². The van der Waals surface area contributed by atoms with E-state index in [0.717, 1.165) is 63.5 Å². The summed E-state index contributed by atoms with van der Waals surface area (Å²) in [5.41, 5.74) is 0.429. The van der Waals surface area contributed by atoms with E-state index in [1.165, 1.54) is 13.2 Å². The number of hydrogen-bond acceptors (Lipinski definition) is 5. The Morgan fingerprint density at radius 1 is 1.19 bits per heavy atom. The number of unbranched alkanes of at least 4 members (excludes halogenated alkanes) is 1. The average Bonchev–Trinajstić information content (AvgIpc) is 3.08. The second kappa shape index (κ2) is 11.0. The standard InChI is InChI=1S/C26H46O5Si/c1-9-10-15-25(17-18-26(31-25)16-11-12-19-29-26)22(30-32(7,8)24(3,4)5)14-13-21(2)20-23(27)28-6/h13-14,20,22H,9-12,15-19H2,1-8H3/b14-13+,21-20+/t22-,25-,26?/m1/s1. The molecule has 2 saturated heterocycles. The highest BCUT2D eigenvalue weighted by Crippen LogP contribution is 2.50. The first kappa shape index (κ1) is 27.3. The second-order valence-corrected chi connectivity index (χ2v) is 15.8. The van der Waals surface area contributed by atoms with E-state index in [2.05, 4.69) is 46.9 Å². The third-order valence-electron chi connectivity index (χ3n) is 7.42. The monoisotopic (exact) mass is 466 g/mol. The third-order valence-corrected chi connectivity index (χ3v) is 11.9. The maximum absolute atomic E-state index is 11.7. The van der Waals surface area contributed by atoms with Crippen molar-refractivity contribution in [1.29, 1.82) is 0 Å². The summed E-state index contributed by atoms with van der Waals surface area (Å²) in [5.74, 6) is -0.812. The van der Waals surface area contributed by atoms with Gasteiger partial charge in [-0.3, -0.25) is 0 Å². The molecule has 0 N–H and O–H groups in total. The van der Waals surface area contributed by atoms with Crippen molar-refractivity contribution >= 4 is 14.3 Å². The maximum atomic E-state index is 11.7. The van der Waals surface area contributed by atoms with Crippen LogP contribution in [0, 0.1) is 0 Å². The number of esters is 1. The van der Waals surface area contributed by atoms with Crippen LogP contribution in [-0.2, 0) is 23.4 Å². The minimum absolute atomic E-state index is 0.0829. The fourth-order valence-electron chi connectivity index (χ4n) is 4.32. The van der Waals surface area contributed by atoms with Crippen molar-refractivity contribution in [3.05, 3.63) is 23.8 Å². The van der Waals surface area contributed by atoms with Gasteiger partial charge in [0.05, 0.1) is 19.8 Å². The summed E-state index contributed by atoms with van der Waals surface area (Å²) in [5, 5.41) is 0.0829. The summed E-state index contributed by atoms with van der Waals surface area (Å²) in [4.78, 5) is 11.7. The SMILES string of the molecule is CCCC[C@]1([C@@H](/C=C/C(C)=C/C(=O)OC)O[Si](C)(C)C(C)(C)C)CCC2(CCCCO2)O1. The van der Waals surface area contributed by atoms with Gasteiger partial charge in [-0.2, -0.15) is 0 Å². The lowest BCUT2D eigenvalue weighted by Crippen LogP contribution is -2.53. The second-order valence-electron chi connectivity index (χ2n) is 11.1. The molecule has 32 heavy (non-hydrogen) atoms. The summed E-state index contributed by atoms with van der Waals surface area (Å²) in [6, 6.07) is 0. The molecule has 1 unspecified atom stereocenters. The predicted octanol–water partition coefficient (Wildman–Crippen LogP) is 6.69. The molecule has 6 heteroatoms. The summed E-state index contributed by atoms with van der Waals surface area (Å²) in [6.45, 7) is 16.3. The van der Waals surface area contributed by atoms with E-state index in [1.807, 2.05) is 13.0 Å². The number of carbonyl (C=O) groups is 1. The Labute approximate surface area is 197 Å². The van der Waals surface area contributed by atoms with Gasteiger partial charge in [-0.1, -0.05) is 52.7 Å². The van der Waals surface area contributed by atoms with Crippen LogP contribution in [0.5, 0.6) is 0 Å². The van der Waals surface area contributed by atoms with Crippen LogP contribution in [0.1, 0.15) is 86.0 Å². The third kappa shape index (κ3) is 6.78. The van der Waals surface area contributed by atoms with Gasteiger partial charge in [0, 0.05) is 18.9 Å². The number of methoxy groups -OCH3 is 1. The van der Waals surface area contributed by atoms with Crippen molar-refractivity contribution < 1.29 is 23.4 Å². The van der Waals surface area contributed by atoms with Gasteiger partial charge in [-0.25, -0.2) is 4.79 Å². The smallest absolute Gasteiger partial charge is 0.330 e. The van der Waals surface area contributed by atoms with E-state index in [0.29, 0.717) is 0 Å². The molecule has 0 radical (unpaired) electrons. The van der Waals surface area contributed by atoms with Crippen LogP contribution in [0.25, 0.3) is 0 Å². The highest BCUT2D eigenvalue weighted by atomic mass is 28.4.